The van der Waals surface area contributed by atoms with Crippen molar-refractivity contribution in [2.75, 3.05) is 72.0 Å². The molecule has 19 heteroatoms. The number of anilines is 4. The molecule has 0 saturated carbocycles. The number of rotatable bonds is 12. The summed E-state index contributed by atoms with van der Waals surface area (Å²) in [5.41, 5.74) is 4.37. The third kappa shape index (κ3) is 23.5. The molecule has 0 radical (unpaired) electrons. The predicted octanol–water partition coefficient (Wildman–Crippen LogP) is 9.36. The Kier molecular flexibility index (Phi) is 24.5. The summed E-state index contributed by atoms with van der Waals surface area (Å²) in [5.74, 6) is 0.531. The molecule has 446 valence electrons. The lowest BCUT2D eigenvalue weighted by Crippen LogP contribution is -2.38. The molecule has 8 bridgehead atoms. The Balaban J connectivity index is 1.46. The van der Waals surface area contributed by atoms with Crippen LogP contribution >= 0.6 is 0 Å². The quantitative estimate of drug-likeness (QED) is 0.0772. The molecule has 4 aromatic carbocycles. The van der Waals surface area contributed by atoms with E-state index >= 15 is 0 Å². The molecule has 11 rings (SSSR count). The number of carbonyl (C=O) groups excluding carboxylic acids is 8. The summed E-state index contributed by atoms with van der Waals surface area (Å²) < 4.78 is 16.2. The summed E-state index contributed by atoms with van der Waals surface area (Å²) in [4.78, 5) is 112. The molecule has 0 aromatic heterocycles. The lowest BCUT2D eigenvalue weighted by Gasteiger charge is -2.26. The standard InChI is InChI=1S/C64H84N8O11/c1-11-54(73)65-36-32-55(74)69-40-12-13-41-70(56(75)33-37-66-59(78)81-62(2,3)4)51-26-20-48(21-27-51)45-49-22-30-53(31-23-49)72(58(77)35-39-68-61(80)83-64(8,9)10)43-15-14-42-71(57(76)34-38-67-60(79)82-63(5,6)7)52-28-18-47(19-29-52)44-46-16-24-50(69)25-17-46/h1,16-31H,12-15,32-45H2,2-10H3,(H,65,73)(H,66,78)(H,67,79)(H,68,80). The van der Waals surface area contributed by atoms with Crippen molar-refractivity contribution in [3.05, 3.63) is 119 Å². The number of nitrogens with zero attached hydrogens (tertiary/aromatic N) is 4. The molecule has 0 fully saturated rings. The van der Waals surface area contributed by atoms with E-state index in [0.29, 0.717) is 87.5 Å². The highest BCUT2D eigenvalue weighted by atomic mass is 16.6. The van der Waals surface area contributed by atoms with Gasteiger partial charge in [-0.15, -0.1) is 6.42 Å². The molecule has 7 aliphatic rings. The molecular weight excluding hydrogens is 1060 g/mol. The van der Waals surface area contributed by atoms with E-state index in [1.54, 1.807) is 81.9 Å². The number of benzene rings is 4. The monoisotopic (exact) mass is 1140 g/mol. The van der Waals surface area contributed by atoms with Gasteiger partial charge in [-0.2, -0.15) is 0 Å². The van der Waals surface area contributed by atoms with Crippen molar-refractivity contribution >= 4 is 70.6 Å². The van der Waals surface area contributed by atoms with Gasteiger partial charge in [0.1, 0.15) is 16.8 Å². The van der Waals surface area contributed by atoms with Gasteiger partial charge < -0.3 is 55.1 Å². The molecule has 0 unspecified atom stereocenters. The van der Waals surface area contributed by atoms with Crippen molar-refractivity contribution in [2.45, 2.75) is 143 Å². The predicted molar refractivity (Wildman–Crippen MR) is 322 cm³/mol. The highest BCUT2D eigenvalue weighted by Crippen LogP contribution is 2.26. The number of nitrogens with one attached hydrogen (secondary N) is 4. The van der Waals surface area contributed by atoms with E-state index in [-0.39, 0.29) is 75.5 Å². The highest BCUT2D eigenvalue weighted by molar-refractivity contribution is 5.97. The van der Waals surface area contributed by atoms with E-state index < -0.39 is 41.0 Å². The van der Waals surface area contributed by atoms with Crippen LogP contribution in [0.2, 0.25) is 0 Å². The molecule has 0 atom stereocenters. The van der Waals surface area contributed by atoms with Gasteiger partial charge in [-0.25, -0.2) is 14.4 Å². The second-order valence-corrected chi connectivity index (χ2v) is 23.3. The van der Waals surface area contributed by atoms with Crippen LogP contribution in [0.15, 0.2) is 97.1 Å². The molecular formula is C64H84N8O11. The Labute approximate surface area is 489 Å². The summed E-state index contributed by atoms with van der Waals surface area (Å²) in [7, 11) is 0. The molecule has 8 amide bonds. The van der Waals surface area contributed by atoms with Gasteiger partial charge in [0, 0.05) is 101 Å². The fourth-order valence-electron chi connectivity index (χ4n) is 8.95. The molecule has 4 N–H and O–H groups in total. The molecule has 83 heavy (non-hydrogen) atoms. The minimum Gasteiger partial charge on any atom is -0.444 e. The van der Waals surface area contributed by atoms with Crippen molar-refractivity contribution in [2.24, 2.45) is 0 Å². The van der Waals surface area contributed by atoms with E-state index in [0.717, 1.165) is 22.3 Å². The number of terminal acetylenes is 1. The lowest BCUT2D eigenvalue weighted by atomic mass is 10.0. The summed E-state index contributed by atoms with van der Waals surface area (Å²) in [6.07, 6.45) is 6.53. The first-order valence-electron chi connectivity index (χ1n) is 28.5. The van der Waals surface area contributed by atoms with Gasteiger partial charge in [0.05, 0.1) is 0 Å². The molecule has 19 nitrogen and oxygen atoms in total. The van der Waals surface area contributed by atoms with Crippen molar-refractivity contribution < 1.29 is 52.6 Å². The molecule has 0 aliphatic carbocycles. The Hall–Kier alpha value is -8.40. The molecule has 7 aliphatic heterocycles. The number of hydrogen-bond donors (Lipinski definition) is 4. The third-order valence-corrected chi connectivity index (χ3v) is 12.8. The van der Waals surface area contributed by atoms with Crippen LogP contribution < -0.4 is 40.9 Å². The SMILES string of the molecule is C#CC(=O)NCCC(=O)N1CCCCN(C(=O)CCNC(=O)OC(C)(C)C)c2ccc(cc2)Cc2ccc(cc2)N(C(=O)CCNC(=O)OC(C)(C)C)CCCCN(C(=O)CCNC(=O)OC(C)(C)C)c2ccc(cc2)Cc2ccc1cc2. The maximum absolute atomic E-state index is 14.1. The van der Waals surface area contributed by atoms with Crippen LogP contribution in [-0.2, 0) is 51.0 Å². The average molecular weight is 1140 g/mol. The highest BCUT2D eigenvalue weighted by Gasteiger charge is 2.24. The maximum atomic E-state index is 14.1. The Morgan fingerprint density at radius 2 is 0.602 bits per heavy atom. The van der Waals surface area contributed by atoms with Crippen molar-refractivity contribution in [3.63, 3.8) is 0 Å². The van der Waals surface area contributed by atoms with Gasteiger partial charge in [0.2, 0.25) is 23.6 Å². The van der Waals surface area contributed by atoms with Gasteiger partial charge in [-0.3, -0.25) is 24.0 Å². The number of amides is 8. The first kappa shape index (κ1) is 65.4. The zero-order chi connectivity index (χ0) is 60.7. The lowest BCUT2D eigenvalue weighted by molar-refractivity contribution is -0.120. The molecule has 4 aromatic rings. The zero-order valence-corrected chi connectivity index (χ0v) is 49.8. The first-order chi connectivity index (χ1) is 39.3. The summed E-state index contributed by atoms with van der Waals surface area (Å²) in [6.45, 7) is 17.3. The fraction of sp³-hybridized carbons (Fsp3) is 0.469. The topological polar surface area (TPSA) is 225 Å². The number of carbonyl (C=O) groups is 8. The first-order valence-corrected chi connectivity index (χ1v) is 28.5. The Morgan fingerprint density at radius 3 is 0.807 bits per heavy atom. The fourth-order valence-corrected chi connectivity index (χ4v) is 8.95. The van der Waals surface area contributed by atoms with E-state index in [9.17, 15) is 38.4 Å². The van der Waals surface area contributed by atoms with Gasteiger partial charge in [0.25, 0.3) is 5.91 Å². The molecule has 7 heterocycles. The zero-order valence-electron chi connectivity index (χ0n) is 49.8. The van der Waals surface area contributed by atoms with Crippen LogP contribution in [0.5, 0.6) is 0 Å². The van der Waals surface area contributed by atoms with Gasteiger partial charge in [-0.1, -0.05) is 48.5 Å². The number of alkyl carbamates (subject to hydrolysis) is 3. The van der Waals surface area contributed by atoms with Crippen LogP contribution in [0, 0.1) is 12.3 Å². The number of ether oxygens (including phenoxy) is 3. The van der Waals surface area contributed by atoms with Crippen LogP contribution in [0.4, 0.5) is 37.1 Å². The second kappa shape index (κ2) is 31.1. The van der Waals surface area contributed by atoms with Crippen LogP contribution in [-0.4, -0.2) is 117 Å². The minimum absolute atomic E-state index is 0.00179. The summed E-state index contributed by atoms with van der Waals surface area (Å²) in [6, 6.07) is 30.7. The van der Waals surface area contributed by atoms with Crippen LogP contribution in [0.1, 0.15) is 136 Å². The Morgan fingerprint density at radius 1 is 0.386 bits per heavy atom. The van der Waals surface area contributed by atoms with Crippen molar-refractivity contribution in [3.8, 4) is 12.3 Å². The second-order valence-electron chi connectivity index (χ2n) is 23.3. The summed E-state index contributed by atoms with van der Waals surface area (Å²) in [5, 5.41) is 10.6. The smallest absolute Gasteiger partial charge is 0.407 e. The Bertz CT molecular complexity index is 2860. The molecule has 0 spiro atoms. The van der Waals surface area contributed by atoms with E-state index in [1.807, 2.05) is 103 Å². The average Bonchev–Trinajstić information content (AvgIpc) is 3.59. The maximum Gasteiger partial charge on any atom is 0.407 e. The van der Waals surface area contributed by atoms with Crippen molar-refractivity contribution in [1.29, 1.82) is 0 Å². The van der Waals surface area contributed by atoms with Crippen molar-refractivity contribution in [1.82, 2.24) is 21.3 Å². The van der Waals surface area contributed by atoms with Crippen LogP contribution in [0.3, 0.4) is 0 Å². The summed E-state index contributed by atoms with van der Waals surface area (Å²) >= 11 is 0. The largest absolute Gasteiger partial charge is 0.444 e. The normalized spacial score (nSPS) is 13.8. The van der Waals surface area contributed by atoms with Crippen LogP contribution in [0.25, 0.3) is 0 Å². The minimum atomic E-state index is -0.709. The van der Waals surface area contributed by atoms with Gasteiger partial charge >= 0.3 is 18.3 Å². The van der Waals surface area contributed by atoms with E-state index in [2.05, 4.69) is 21.3 Å². The van der Waals surface area contributed by atoms with Gasteiger partial charge in [-0.05, 0) is 178 Å². The number of hydrogen-bond acceptors (Lipinski definition) is 11. The van der Waals surface area contributed by atoms with E-state index in [1.165, 1.54) is 0 Å². The molecule has 0 saturated heterocycles. The third-order valence-electron chi connectivity index (χ3n) is 12.8. The van der Waals surface area contributed by atoms with E-state index in [4.69, 9.17) is 20.6 Å². The van der Waals surface area contributed by atoms with Gasteiger partial charge in [0.15, 0.2) is 0 Å².